The number of benzene rings is 1. The van der Waals surface area contributed by atoms with Crippen LogP contribution in [-0.2, 0) is 16.0 Å². The van der Waals surface area contributed by atoms with Crippen molar-refractivity contribution >= 4 is 5.91 Å². The van der Waals surface area contributed by atoms with E-state index < -0.39 is 0 Å². The highest BCUT2D eigenvalue weighted by Crippen LogP contribution is 2.24. The fourth-order valence-electron chi connectivity index (χ4n) is 3.55. The Morgan fingerprint density at radius 1 is 1.18 bits per heavy atom. The van der Waals surface area contributed by atoms with E-state index in [9.17, 15) is 9.18 Å². The molecule has 0 N–H and O–H groups in total. The molecule has 0 bridgehead atoms. The molecule has 2 saturated heterocycles. The molecule has 2 unspecified atom stereocenters. The molecule has 2 heterocycles. The fourth-order valence-corrected chi connectivity index (χ4v) is 3.55. The normalized spacial score (nSPS) is 25.4. The Morgan fingerprint density at radius 3 is 2.73 bits per heavy atom. The molecule has 1 aromatic rings. The Kier molecular flexibility index (Phi) is 5.08. The van der Waals surface area contributed by atoms with Crippen molar-refractivity contribution in [2.75, 3.05) is 13.2 Å². The van der Waals surface area contributed by atoms with Gasteiger partial charge in [0.15, 0.2) is 0 Å². The lowest BCUT2D eigenvalue weighted by Crippen LogP contribution is -2.39. The molecule has 0 aliphatic carbocycles. The average molecular weight is 305 g/mol. The maximum Gasteiger partial charge on any atom is 0.225 e. The van der Waals surface area contributed by atoms with Crippen molar-refractivity contribution in [1.82, 2.24) is 4.90 Å². The zero-order valence-corrected chi connectivity index (χ0v) is 13.0. The topological polar surface area (TPSA) is 29.5 Å². The van der Waals surface area contributed by atoms with Crippen LogP contribution in [0.2, 0.25) is 0 Å². The standard InChI is InChI=1S/C18H24FNO2/c19-15-8-6-14(7-9-15)12-16-4-3-10-20(16)18(21)13-17-5-1-2-11-22-17/h6-9,16-17H,1-5,10-13H2. The monoisotopic (exact) mass is 305 g/mol. The molecule has 22 heavy (non-hydrogen) atoms. The van der Waals surface area contributed by atoms with Gasteiger partial charge in [-0.3, -0.25) is 4.79 Å². The number of amides is 1. The van der Waals surface area contributed by atoms with E-state index in [4.69, 9.17) is 4.74 Å². The molecule has 0 spiro atoms. The minimum Gasteiger partial charge on any atom is -0.378 e. The van der Waals surface area contributed by atoms with E-state index in [0.717, 1.165) is 57.2 Å². The van der Waals surface area contributed by atoms with Gasteiger partial charge in [0.05, 0.1) is 12.5 Å². The highest BCUT2D eigenvalue weighted by molar-refractivity contribution is 5.77. The van der Waals surface area contributed by atoms with Crippen LogP contribution in [-0.4, -0.2) is 36.1 Å². The summed E-state index contributed by atoms with van der Waals surface area (Å²) < 4.78 is 18.7. The molecule has 2 fully saturated rings. The van der Waals surface area contributed by atoms with Crippen LogP contribution in [0, 0.1) is 5.82 Å². The van der Waals surface area contributed by atoms with Crippen LogP contribution in [0.25, 0.3) is 0 Å². The Hall–Kier alpha value is -1.42. The van der Waals surface area contributed by atoms with Crippen molar-refractivity contribution in [2.45, 2.75) is 57.1 Å². The third-order valence-electron chi connectivity index (χ3n) is 4.76. The van der Waals surface area contributed by atoms with Gasteiger partial charge < -0.3 is 9.64 Å². The van der Waals surface area contributed by atoms with Crippen molar-refractivity contribution in [2.24, 2.45) is 0 Å². The summed E-state index contributed by atoms with van der Waals surface area (Å²) in [4.78, 5) is 14.6. The second kappa shape index (κ2) is 7.23. The lowest BCUT2D eigenvalue weighted by Gasteiger charge is -2.28. The van der Waals surface area contributed by atoms with Gasteiger partial charge in [-0.15, -0.1) is 0 Å². The van der Waals surface area contributed by atoms with E-state index in [0.29, 0.717) is 6.42 Å². The summed E-state index contributed by atoms with van der Waals surface area (Å²) in [6.45, 7) is 1.63. The lowest BCUT2D eigenvalue weighted by atomic mass is 10.0. The minimum absolute atomic E-state index is 0.105. The maximum absolute atomic E-state index is 13.0. The fraction of sp³-hybridized carbons (Fsp3) is 0.611. The van der Waals surface area contributed by atoms with Crippen molar-refractivity contribution in [1.29, 1.82) is 0 Å². The number of halogens is 1. The summed E-state index contributed by atoms with van der Waals surface area (Å²) >= 11 is 0. The second-order valence-electron chi connectivity index (χ2n) is 6.41. The maximum atomic E-state index is 13.0. The van der Waals surface area contributed by atoms with Crippen LogP contribution in [0.15, 0.2) is 24.3 Å². The zero-order chi connectivity index (χ0) is 15.4. The summed E-state index contributed by atoms with van der Waals surface area (Å²) in [6, 6.07) is 6.88. The predicted octanol–water partition coefficient (Wildman–Crippen LogP) is 3.32. The summed E-state index contributed by atoms with van der Waals surface area (Å²) in [5.74, 6) is 0.00839. The van der Waals surface area contributed by atoms with Crippen LogP contribution >= 0.6 is 0 Å². The average Bonchev–Trinajstić information content (AvgIpc) is 2.99. The van der Waals surface area contributed by atoms with E-state index in [-0.39, 0.29) is 23.9 Å². The van der Waals surface area contributed by atoms with Crippen molar-refractivity contribution in [3.63, 3.8) is 0 Å². The van der Waals surface area contributed by atoms with Crippen molar-refractivity contribution < 1.29 is 13.9 Å². The van der Waals surface area contributed by atoms with E-state index >= 15 is 0 Å². The Balaban J connectivity index is 1.57. The molecular formula is C18H24FNO2. The van der Waals surface area contributed by atoms with E-state index in [2.05, 4.69) is 0 Å². The summed E-state index contributed by atoms with van der Waals surface area (Å²) in [7, 11) is 0. The summed E-state index contributed by atoms with van der Waals surface area (Å²) in [5, 5.41) is 0. The lowest BCUT2D eigenvalue weighted by molar-refractivity contribution is -0.135. The van der Waals surface area contributed by atoms with Gasteiger partial charge in [-0.25, -0.2) is 4.39 Å². The van der Waals surface area contributed by atoms with Gasteiger partial charge in [0, 0.05) is 19.2 Å². The van der Waals surface area contributed by atoms with Crippen LogP contribution in [0.3, 0.4) is 0 Å². The highest BCUT2D eigenvalue weighted by atomic mass is 19.1. The Morgan fingerprint density at radius 2 is 2.00 bits per heavy atom. The first-order valence-electron chi connectivity index (χ1n) is 8.38. The minimum atomic E-state index is -0.211. The van der Waals surface area contributed by atoms with Gasteiger partial charge in [-0.2, -0.15) is 0 Å². The van der Waals surface area contributed by atoms with Gasteiger partial charge in [0.25, 0.3) is 0 Å². The first kappa shape index (κ1) is 15.5. The number of ether oxygens (including phenoxy) is 1. The van der Waals surface area contributed by atoms with Crippen LogP contribution < -0.4 is 0 Å². The van der Waals surface area contributed by atoms with Crippen LogP contribution in [0.1, 0.15) is 44.1 Å². The molecule has 1 amide bonds. The largest absolute Gasteiger partial charge is 0.378 e. The highest BCUT2D eigenvalue weighted by Gasteiger charge is 2.30. The molecule has 4 heteroatoms. The van der Waals surface area contributed by atoms with E-state index in [1.54, 1.807) is 0 Å². The molecule has 2 aliphatic rings. The zero-order valence-electron chi connectivity index (χ0n) is 13.0. The Labute approximate surface area is 131 Å². The molecule has 0 radical (unpaired) electrons. The number of carbonyl (C=O) groups excluding carboxylic acids is 1. The molecule has 0 saturated carbocycles. The number of likely N-dealkylation sites (tertiary alicyclic amines) is 1. The van der Waals surface area contributed by atoms with Gasteiger partial charge in [-0.05, 0) is 56.2 Å². The SMILES string of the molecule is O=C(CC1CCCCO1)N1CCCC1Cc1ccc(F)cc1. The third-order valence-corrected chi connectivity index (χ3v) is 4.76. The molecule has 1 aromatic carbocycles. The summed E-state index contributed by atoms with van der Waals surface area (Å²) in [5.41, 5.74) is 1.10. The van der Waals surface area contributed by atoms with Crippen molar-refractivity contribution in [3.8, 4) is 0 Å². The quantitative estimate of drug-likeness (QED) is 0.854. The van der Waals surface area contributed by atoms with Crippen LogP contribution in [0.5, 0.6) is 0 Å². The van der Waals surface area contributed by atoms with E-state index in [1.807, 2.05) is 17.0 Å². The summed E-state index contributed by atoms with van der Waals surface area (Å²) in [6.07, 6.45) is 6.81. The third kappa shape index (κ3) is 3.86. The molecule has 2 atom stereocenters. The van der Waals surface area contributed by atoms with Gasteiger partial charge in [0.1, 0.15) is 5.82 Å². The van der Waals surface area contributed by atoms with Crippen molar-refractivity contribution in [3.05, 3.63) is 35.6 Å². The smallest absolute Gasteiger partial charge is 0.225 e. The molecule has 120 valence electrons. The molecule has 0 aromatic heterocycles. The van der Waals surface area contributed by atoms with E-state index in [1.165, 1.54) is 12.1 Å². The number of hydrogen-bond acceptors (Lipinski definition) is 2. The second-order valence-corrected chi connectivity index (χ2v) is 6.41. The first-order chi connectivity index (χ1) is 10.7. The first-order valence-corrected chi connectivity index (χ1v) is 8.38. The molecule has 2 aliphatic heterocycles. The number of carbonyl (C=O) groups is 1. The molecule has 3 nitrogen and oxygen atoms in total. The predicted molar refractivity (Wildman–Crippen MR) is 83.0 cm³/mol. The van der Waals surface area contributed by atoms with Gasteiger partial charge in [-0.1, -0.05) is 12.1 Å². The number of hydrogen-bond donors (Lipinski definition) is 0. The van der Waals surface area contributed by atoms with Gasteiger partial charge in [0.2, 0.25) is 5.91 Å². The Bertz CT molecular complexity index is 496. The number of rotatable bonds is 4. The van der Waals surface area contributed by atoms with Crippen LogP contribution in [0.4, 0.5) is 4.39 Å². The molecular weight excluding hydrogens is 281 g/mol. The molecule has 3 rings (SSSR count). The van der Waals surface area contributed by atoms with Gasteiger partial charge >= 0.3 is 0 Å². The number of nitrogens with zero attached hydrogens (tertiary/aromatic N) is 1.